The van der Waals surface area contributed by atoms with Gasteiger partial charge in [0.1, 0.15) is 11.9 Å². The molecule has 0 radical (unpaired) electrons. The fourth-order valence-corrected chi connectivity index (χ4v) is 10.1. The van der Waals surface area contributed by atoms with Crippen LogP contribution in [0.4, 0.5) is 0 Å². The third-order valence-corrected chi connectivity index (χ3v) is 12.4. The standard InChI is InChI=1S/C36H52O3/c1-7-25(23(2)3)14-13-24(4)29-15-16-30-33-31(18-20-36(29,30)6)35(5)19-17-28(37)21-27(35)22-32(33)39-34(38)26-11-9-8-10-12-26/h8-14,23-25,27,29-33H,7,15-22H2,1-6H3/b14-13+/t24-,25?,27-,29-,30+,31+,32-,33+,35+,36-/m1/s1. The summed E-state index contributed by atoms with van der Waals surface area (Å²) in [6.07, 6.45) is 14.4. The van der Waals surface area contributed by atoms with Crippen LogP contribution in [0.2, 0.25) is 0 Å². The van der Waals surface area contributed by atoms with Gasteiger partial charge in [-0.3, -0.25) is 4.79 Å². The number of Topliss-reactive ketones (excluding diaryl/α,β-unsaturated/α-hetero) is 1. The van der Waals surface area contributed by atoms with E-state index in [1.807, 2.05) is 30.3 Å². The molecule has 4 fully saturated rings. The first-order valence-corrected chi connectivity index (χ1v) is 16.0. The molecule has 39 heavy (non-hydrogen) atoms. The molecule has 1 unspecified atom stereocenters. The minimum atomic E-state index is -0.192. The van der Waals surface area contributed by atoms with Crippen molar-refractivity contribution in [3.63, 3.8) is 0 Å². The van der Waals surface area contributed by atoms with Crippen LogP contribution in [0.15, 0.2) is 42.5 Å². The number of ketones is 1. The summed E-state index contributed by atoms with van der Waals surface area (Å²) < 4.78 is 6.48. The van der Waals surface area contributed by atoms with Gasteiger partial charge in [0.25, 0.3) is 0 Å². The van der Waals surface area contributed by atoms with E-state index in [-0.39, 0.29) is 22.9 Å². The van der Waals surface area contributed by atoms with E-state index in [0.717, 1.165) is 19.3 Å². The number of esters is 1. The lowest BCUT2D eigenvalue weighted by atomic mass is 9.43. The summed E-state index contributed by atoms with van der Waals surface area (Å²) in [5.41, 5.74) is 1.10. The van der Waals surface area contributed by atoms with E-state index in [1.54, 1.807) is 0 Å². The summed E-state index contributed by atoms with van der Waals surface area (Å²) in [5, 5.41) is 0. The average molecular weight is 533 g/mol. The number of benzene rings is 1. The largest absolute Gasteiger partial charge is 0.458 e. The van der Waals surface area contributed by atoms with Crippen LogP contribution in [0.25, 0.3) is 0 Å². The second-order valence-electron chi connectivity index (χ2n) is 14.6. The Balaban J connectivity index is 1.43. The fourth-order valence-electron chi connectivity index (χ4n) is 10.1. The lowest BCUT2D eigenvalue weighted by molar-refractivity contribution is -0.169. The Kier molecular flexibility index (Phi) is 8.20. The Labute approximate surface area is 237 Å². The molecule has 0 N–H and O–H groups in total. The van der Waals surface area contributed by atoms with Crippen molar-refractivity contribution < 1.29 is 14.3 Å². The summed E-state index contributed by atoms with van der Waals surface area (Å²) in [7, 11) is 0. The van der Waals surface area contributed by atoms with Crippen LogP contribution >= 0.6 is 0 Å². The summed E-state index contributed by atoms with van der Waals surface area (Å²) in [6, 6.07) is 9.49. The number of ether oxygens (including phenoxy) is 1. The molecule has 0 aliphatic heterocycles. The van der Waals surface area contributed by atoms with Crippen LogP contribution in [0.3, 0.4) is 0 Å². The number of carbonyl (C=O) groups is 2. The number of hydrogen-bond acceptors (Lipinski definition) is 3. The second-order valence-corrected chi connectivity index (χ2v) is 14.6. The Morgan fingerprint density at radius 1 is 1.00 bits per heavy atom. The maximum Gasteiger partial charge on any atom is 0.338 e. The molecule has 0 bridgehead atoms. The molecule has 4 aliphatic rings. The molecule has 5 rings (SSSR count). The topological polar surface area (TPSA) is 43.4 Å². The van der Waals surface area contributed by atoms with Gasteiger partial charge in [0, 0.05) is 18.8 Å². The van der Waals surface area contributed by atoms with Gasteiger partial charge < -0.3 is 4.74 Å². The molecule has 3 heteroatoms. The zero-order chi connectivity index (χ0) is 27.9. The monoisotopic (exact) mass is 532 g/mol. The lowest BCUT2D eigenvalue weighted by Gasteiger charge is -2.62. The van der Waals surface area contributed by atoms with Gasteiger partial charge in [-0.2, -0.15) is 0 Å². The second kappa shape index (κ2) is 11.2. The van der Waals surface area contributed by atoms with Crippen molar-refractivity contribution in [1.82, 2.24) is 0 Å². The molecule has 0 spiro atoms. The van der Waals surface area contributed by atoms with Crippen molar-refractivity contribution in [3.05, 3.63) is 48.0 Å². The predicted molar refractivity (Wildman–Crippen MR) is 158 cm³/mol. The van der Waals surface area contributed by atoms with Crippen LogP contribution < -0.4 is 0 Å². The molecule has 4 saturated carbocycles. The van der Waals surface area contributed by atoms with Gasteiger partial charge in [-0.05, 0) is 109 Å². The lowest BCUT2D eigenvalue weighted by Crippen LogP contribution is -2.59. The van der Waals surface area contributed by atoms with Crippen molar-refractivity contribution in [2.24, 2.45) is 58.2 Å². The third-order valence-electron chi connectivity index (χ3n) is 12.4. The van der Waals surface area contributed by atoms with E-state index in [2.05, 4.69) is 53.7 Å². The van der Waals surface area contributed by atoms with Crippen molar-refractivity contribution in [1.29, 1.82) is 0 Å². The number of rotatable bonds is 7. The van der Waals surface area contributed by atoms with Crippen LogP contribution in [-0.2, 0) is 9.53 Å². The normalized spacial score (nSPS) is 39.6. The highest BCUT2D eigenvalue weighted by atomic mass is 16.5. The van der Waals surface area contributed by atoms with E-state index in [9.17, 15) is 9.59 Å². The summed E-state index contributed by atoms with van der Waals surface area (Å²) in [4.78, 5) is 26.0. The van der Waals surface area contributed by atoms with Gasteiger partial charge in [0.05, 0.1) is 5.56 Å². The van der Waals surface area contributed by atoms with E-state index >= 15 is 0 Å². The highest BCUT2D eigenvalue weighted by molar-refractivity contribution is 5.89. The molecule has 4 aliphatic carbocycles. The minimum absolute atomic E-state index is 0.0914. The fraction of sp³-hybridized carbons (Fsp3) is 0.722. The van der Waals surface area contributed by atoms with Crippen LogP contribution in [-0.4, -0.2) is 17.9 Å². The number of carbonyl (C=O) groups excluding carboxylic acids is 2. The van der Waals surface area contributed by atoms with E-state index < -0.39 is 0 Å². The highest BCUT2D eigenvalue weighted by Crippen LogP contribution is 2.68. The van der Waals surface area contributed by atoms with Gasteiger partial charge in [-0.25, -0.2) is 4.79 Å². The Morgan fingerprint density at radius 2 is 1.72 bits per heavy atom. The van der Waals surface area contributed by atoms with Gasteiger partial charge in [0.2, 0.25) is 0 Å². The van der Waals surface area contributed by atoms with Crippen molar-refractivity contribution in [3.8, 4) is 0 Å². The smallest absolute Gasteiger partial charge is 0.338 e. The molecule has 0 heterocycles. The molecule has 1 aromatic rings. The molecule has 0 aromatic heterocycles. The molecule has 1 aromatic carbocycles. The first kappa shape index (κ1) is 28.6. The molecule has 3 nitrogen and oxygen atoms in total. The van der Waals surface area contributed by atoms with Crippen LogP contribution in [0, 0.1) is 58.2 Å². The van der Waals surface area contributed by atoms with Crippen molar-refractivity contribution >= 4 is 11.8 Å². The maximum atomic E-state index is 13.4. The number of allylic oxidation sites excluding steroid dienone is 2. The van der Waals surface area contributed by atoms with Crippen molar-refractivity contribution in [2.45, 2.75) is 105 Å². The SMILES string of the molecule is CCC(/C=C/[C@@H](C)[C@H]1CC[C@H]2[C@@H]3[C@H](OC(=O)c4ccccc4)C[C@H]4CC(=O)CC[C@]4(C)[C@H]3CC[C@]12C)C(C)C. The predicted octanol–water partition coefficient (Wildman–Crippen LogP) is 8.92. The number of fused-ring (bicyclic) bond motifs is 5. The quantitative estimate of drug-likeness (QED) is 0.260. The molecule has 10 atom stereocenters. The van der Waals surface area contributed by atoms with E-state index in [1.165, 1.54) is 32.1 Å². The first-order chi connectivity index (χ1) is 18.6. The zero-order valence-electron chi connectivity index (χ0n) is 25.3. The van der Waals surface area contributed by atoms with Crippen LogP contribution in [0.5, 0.6) is 0 Å². The Hall–Kier alpha value is -1.90. The molecular weight excluding hydrogens is 480 g/mol. The molecule has 0 amide bonds. The van der Waals surface area contributed by atoms with Crippen molar-refractivity contribution in [2.75, 3.05) is 0 Å². The molecule has 0 saturated heterocycles. The minimum Gasteiger partial charge on any atom is -0.458 e. The van der Waals surface area contributed by atoms with E-state index in [0.29, 0.717) is 65.1 Å². The summed E-state index contributed by atoms with van der Waals surface area (Å²) in [6.45, 7) is 14.5. The average Bonchev–Trinajstić information content (AvgIpc) is 3.27. The molecular formula is C36H52O3. The van der Waals surface area contributed by atoms with Gasteiger partial charge in [-0.1, -0.05) is 71.9 Å². The maximum absolute atomic E-state index is 13.4. The molecule has 214 valence electrons. The third kappa shape index (κ3) is 5.17. The van der Waals surface area contributed by atoms with Crippen LogP contribution in [0.1, 0.15) is 110 Å². The zero-order valence-corrected chi connectivity index (χ0v) is 25.3. The highest BCUT2D eigenvalue weighted by Gasteiger charge is 2.63. The summed E-state index contributed by atoms with van der Waals surface area (Å²) in [5.74, 6) is 4.62. The van der Waals surface area contributed by atoms with Gasteiger partial charge in [0.15, 0.2) is 0 Å². The first-order valence-electron chi connectivity index (χ1n) is 16.0. The van der Waals surface area contributed by atoms with Gasteiger partial charge >= 0.3 is 5.97 Å². The van der Waals surface area contributed by atoms with Gasteiger partial charge in [-0.15, -0.1) is 0 Å². The summed E-state index contributed by atoms with van der Waals surface area (Å²) >= 11 is 0. The number of hydrogen-bond donors (Lipinski definition) is 0. The van der Waals surface area contributed by atoms with E-state index in [4.69, 9.17) is 4.74 Å². The Morgan fingerprint density at radius 3 is 2.41 bits per heavy atom. The Bertz CT molecular complexity index is 1060.